The Kier molecular flexibility index (Phi) is 5.27. The molecule has 0 aromatic rings. The van der Waals surface area contributed by atoms with Crippen LogP contribution in [0.15, 0.2) is 12.2 Å². The van der Waals surface area contributed by atoms with E-state index < -0.39 is 0 Å². The van der Waals surface area contributed by atoms with Gasteiger partial charge in [0, 0.05) is 11.1 Å². The molecule has 22 heavy (non-hydrogen) atoms. The van der Waals surface area contributed by atoms with E-state index in [0.29, 0.717) is 31.6 Å². The Morgan fingerprint density at radius 2 is 1.50 bits per heavy atom. The van der Waals surface area contributed by atoms with Gasteiger partial charge >= 0.3 is 11.9 Å². The molecule has 5 heteroatoms. The van der Waals surface area contributed by atoms with Crippen molar-refractivity contribution in [3.8, 4) is 0 Å². The summed E-state index contributed by atoms with van der Waals surface area (Å²) in [4.78, 5) is 23.5. The van der Waals surface area contributed by atoms with Gasteiger partial charge in [-0.3, -0.25) is 4.79 Å². The number of nitrogens with two attached hydrogens (primary N) is 1. The molecule has 3 aliphatic carbocycles. The molecule has 0 amide bonds. The molecule has 3 fully saturated rings. The van der Waals surface area contributed by atoms with Crippen LogP contribution in [0, 0.1) is 5.41 Å². The molecule has 0 spiro atoms. The van der Waals surface area contributed by atoms with Crippen LogP contribution in [0.5, 0.6) is 0 Å². The highest BCUT2D eigenvalue weighted by Crippen LogP contribution is 2.51. The van der Waals surface area contributed by atoms with E-state index in [1.807, 2.05) is 0 Å². The summed E-state index contributed by atoms with van der Waals surface area (Å²) in [5.74, 6) is -0.432. The SMILES string of the molecule is C=C(C)C(=O)OCCCCOC(=O)C12CCC(N)(CC1)CC2. The zero-order valence-corrected chi connectivity index (χ0v) is 13.5. The maximum atomic E-state index is 12.4. The fourth-order valence-electron chi connectivity index (χ4n) is 3.33. The molecule has 0 heterocycles. The van der Waals surface area contributed by atoms with Crippen molar-refractivity contribution >= 4 is 11.9 Å². The lowest BCUT2D eigenvalue weighted by Gasteiger charge is -2.50. The molecule has 124 valence electrons. The standard InChI is InChI=1S/C17H27NO4/c1-13(2)14(19)21-11-3-4-12-22-15(20)16-5-8-17(18,9-6-16)10-7-16/h1,3-12,18H2,2H3. The third-order valence-corrected chi connectivity index (χ3v) is 5.09. The molecule has 0 aromatic heterocycles. The van der Waals surface area contributed by atoms with Gasteiger partial charge < -0.3 is 15.2 Å². The van der Waals surface area contributed by atoms with Gasteiger partial charge in [-0.05, 0) is 58.3 Å². The van der Waals surface area contributed by atoms with Crippen LogP contribution in [0.25, 0.3) is 0 Å². The average molecular weight is 309 g/mol. The summed E-state index contributed by atoms with van der Waals surface area (Å²) in [6.07, 6.45) is 6.75. The Morgan fingerprint density at radius 3 is 2.00 bits per heavy atom. The zero-order valence-electron chi connectivity index (χ0n) is 13.5. The molecule has 2 bridgehead atoms. The third-order valence-electron chi connectivity index (χ3n) is 5.09. The maximum Gasteiger partial charge on any atom is 0.333 e. The summed E-state index contributed by atoms with van der Waals surface area (Å²) in [5, 5.41) is 0. The van der Waals surface area contributed by atoms with Crippen LogP contribution >= 0.6 is 0 Å². The van der Waals surface area contributed by atoms with Crippen molar-refractivity contribution in [3.63, 3.8) is 0 Å². The van der Waals surface area contributed by atoms with E-state index in [2.05, 4.69) is 6.58 Å². The number of hydrogen-bond acceptors (Lipinski definition) is 5. The van der Waals surface area contributed by atoms with Crippen molar-refractivity contribution in [3.05, 3.63) is 12.2 Å². The van der Waals surface area contributed by atoms with Crippen molar-refractivity contribution in [2.75, 3.05) is 13.2 Å². The quantitative estimate of drug-likeness (QED) is 0.444. The predicted octanol–water partition coefficient (Wildman–Crippen LogP) is 2.48. The van der Waals surface area contributed by atoms with Crippen LogP contribution in [-0.4, -0.2) is 30.7 Å². The minimum absolute atomic E-state index is 0.0325. The van der Waals surface area contributed by atoms with Crippen molar-refractivity contribution in [1.29, 1.82) is 0 Å². The fraction of sp³-hybridized carbons (Fsp3) is 0.765. The second-order valence-corrected chi connectivity index (χ2v) is 6.90. The summed E-state index contributed by atoms with van der Waals surface area (Å²) >= 11 is 0. The molecular weight excluding hydrogens is 282 g/mol. The highest BCUT2D eigenvalue weighted by molar-refractivity contribution is 5.86. The Balaban J connectivity index is 1.62. The summed E-state index contributed by atoms with van der Waals surface area (Å²) < 4.78 is 10.4. The van der Waals surface area contributed by atoms with Crippen LogP contribution in [0.2, 0.25) is 0 Å². The summed E-state index contributed by atoms with van der Waals surface area (Å²) in [7, 11) is 0. The first-order valence-corrected chi connectivity index (χ1v) is 8.16. The average Bonchev–Trinajstić information content (AvgIpc) is 2.51. The van der Waals surface area contributed by atoms with Crippen LogP contribution in [0.1, 0.15) is 58.3 Å². The Bertz CT molecular complexity index is 433. The first-order chi connectivity index (χ1) is 10.4. The number of esters is 2. The minimum Gasteiger partial charge on any atom is -0.465 e. The Morgan fingerprint density at radius 1 is 1.00 bits per heavy atom. The summed E-state index contributed by atoms with van der Waals surface area (Å²) in [6, 6.07) is 0. The van der Waals surface area contributed by atoms with Gasteiger partial charge in [-0.2, -0.15) is 0 Å². The van der Waals surface area contributed by atoms with Gasteiger partial charge in [-0.1, -0.05) is 6.58 Å². The number of unbranched alkanes of at least 4 members (excludes halogenated alkanes) is 1. The molecule has 3 saturated carbocycles. The van der Waals surface area contributed by atoms with E-state index in [-0.39, 0.29) is 22.9 Å². The second kappa shape index (κ2) is 6.82. The lowest BCUT2D eigenvalue weighted by molar-refractivity contribution is -0.163. The molecule has 0 radical (unpaired) electrons. The second-order valence-electron chi connectivity index (χ2n) is 6.90. The molecular formula is C17H27NO4. The first-order valence-electron chi connectivity index (χ1n) is 8.16. The van der Waals surface area contributed by atoms with Gasteiger partial charge in [-0.25, -0.2) is 4.79 Å². The molecule has 3 rings (SSSR count). The minimum atomic E-state index is -0.370. The van der Waals surface area contributed by atoms with Crippen LogP contribution in [0.4, 0.5) is 0 Å². The number of ether oxygens (including phenoxy) is 2. The Hall–Kier alpha value is -1.36. The van der Waals surface area contributed by atoms with E-state index in [4.69, 9.17) is 15.2 Å². The van der Waals surface area contributed by atoms with Gasteiger partial charge in [0.05, 0.1) is 18.6 Å². The fourth-order valence-corrected chi connectivity index (χ4v) is 3.33. The van der Waals surface area contributed by atoms with Gasteiger partial charge in [0.2, 0.25) is 0 Å². The third kappa shape index (κ3) is 3.88. The molecule has 5 nitrogen and oxygen atoms in total. The van der Waals surface area contributed by atoms with Gasteiger partial charge in [-0.15, -0.1) is 0 Å². The number of hydrogen-bond donors (Lipinski definition) is 1. The molecule has 0 unspecified atom stereocenters. The van der Waals surface area contributed by atoms with E-state index in [0.717, 1.165) is 38.5 Å². The predicted molar refractivity (Wildman–Crippen MR) is 83.0 cm³/mol. The van der Waals surface area contributed by atoms with E-state index in [9.17, 15) is 9.59 Å². The number of carbonyl (C=O) groups excluding carboxylic acids is 2. The van der Waals surface area contributed by atoms with Crippen molar-refractivity contribution in [2.45, 2.75) is 63.8 Å². The van der Waals surface area contributed by atoms with Crippen molar-refractivity contribution < 1.29 is 19.1 Å². The zero-order chi connectivity index (χ0) is 16.2. The summed E-state index contributed by atoms with van der Waals surface area (Å²) in [5.41, 5.74) is 6.34. The highest BCUT2D eigenvalue weighted by Gasteiger charge is 2.51. The van der Waals surface area contributed by atoms with Crippen LogP contribution in [-0.2, 0) is 19.1 Å². The first kappa shape index (κ1) is 17.0. The smallest absolute Gasteiger partial charge is 0.333 e. The van der Waals surface area contributed by atoms with Gasteiger partial charge in [0.15, 0.2) is 0 Å². The highest BCUT2D eigenvalue weighted by atomic mass is 16.5. The van der Waals surface area contributed by atoms with E-state index in [1.54, 1.807) is 6.92 Å². The molecule has 3 aliphatic rings. The number of rotatable bonds is 7. The Labute approximate surface area is 132 Å². The summed E-state index contributed by atoms with van der Waals surface area (Å²) in [6.45, 7) is 5.86. The molecule has 0 atom stereocenters. The monoisotopic (exact) mass is 309 g/mol. The van der Waals surface area contributed by atoms with Crippen molar-refractivity contribution in [1.82, 2.24) is 0 Å². The molecule has 0 aliphatic heterocycles. The lowest BCUT2D eigenvalue weighted by atomic mass is 9.57. The molecule has 0 saturated heterocycles. The number of fused-ring (bicyclic) bond motifs is 3. The lowest BCUT2D eigenvalue weighted by Crippen LogP contribution is -2.54. The largest absolute Gasteiger partial charge is 0.465 e. The van der Waals surface area contributed by atoms with Crippen LogP contribution < -0.4 is 5.73 Å². The molecule has 0 aromatic carbocycles. The topological polar surface area (TPSA) is 78.6 Å². The number of carbonyl (C=O) groups is 2. The van der Waals surface area contributed by atoms with Crippen molar-refractivity contribution in [2.24, 2.45) is 11.1 Å². The van der Waals surface area contributed by atoms with E-state index in [1.165, 1.54) is 0 Å². The van der Waals surface area contributed by atoms with Crippen LogP contribution in [0.3, 0.4) is 0 Å². The maximum absolute atomic E-state index is 12.4. The molecule has 2 N–H and O–H groups in total. The van der Waals surface area contributed by atoms with Gasteiger partial charge in [0.25, 0.3) is 0 Å². The van der Waals surface area contributed by atoms with E-state index >= 15 is 0 Å². The normalized spacial score (nSPS) is 29.9. The van der Waals surface area contributed by atoms with Gasteiger partial charge in [0.1, 0.15) is 0 Å².